The number of aliphatic carboxylic acids is 1. The summed E-state index contributed by atoms with van der Waals surface area (Å²) in [6.45, 7) is 3.01. The molecule has 0 saturated heterocycles. The van der Waals surface area contributed by atoms with Crippen molar-refractivity contribution in [3.8, 4) is 0 Å². The first-order chi connectivity index (χ1) is 6.24. The molecule has 1 N–H and O–H groups in total. The molecule has 0 radical (unpaired) electrons. The topological polar surface area (TPSA) is 42.2 Å². The first kappa shape index (κ1) is 9.58. The summed E-state index contributed by atoms with van der Waals surface area (Å²) < 4.78 is 2.03. The fraction of sp³-hybridized carbons (Fsp3) is 0.300. The van der Waals surface area contributed by atoms with Crippen molar-refractivity contribution >= 4 is 12.0 Å². The number of aryl methyl sites for hydroxylation is 1. The van der Waals surface area contributed by atoms with Crippen LogP contribution in [0.15, 0.2) is 24.4 Å². The highest BCUT2D eigenvalue weighted by atomic mass is 16.4. The molecule has 0 aromatic carbocycles. The van der Waals surface area contributed by atoms with Crippen LogP contribution >= 0.6 is 0 Å². The molecule has 0 saturated carbocycles. The molecule has 0 unspecified atom stereocenters. The van der Waals surface area contributed by atoms with Gasteiger partial charge in [0.1, 0.15) is 0 Å². The van der Waals surface area contributed by atoms with Gasteiger partial charge >= 0.3 is 5.97 Å². The molecule has 1 rings (SSSR count). The number of hydrogen-bond donors (Lipinski definition) is 1. The second kappa shape index (κ2) is 4.50. The van der Waals surface area contributed by atoms with Gasteiger partial charge in [-0.1, -0.05) is 6.92 Å². The van der Waals surface area contributed by atoms with Crippen molar-refractivity contribution in [2.45, 2.75) is 19.9 Å². The second-order valence-electron chi connectivity index (χ2n) is 2.80. The predicted molar refractivity (Wildman–Crippen MR) is 51.4 cm³/mol. The average Bonchev–Trinajstić information content (AvgIpc) is 2.49. The van der Waals surface area contributed by atoms with Crippen LogP contribution in [0.3, 0.4) is 0 Å². The van der Waals surface area contributed by atoms with Crippen molar-refractivity contribution in [1.82, 2.24) is 4.57 Å². The summed E-state index contributed by atoms with van der Waals surface area (Å²) in [7, 11) is 0. The molecule has 1 aromatic heterocycles. The Labute approximate surface area is 77.3 Å². The van der Waals surface area contributed by atoms with E-state index in [4.69, 9.17) is 5.11 Å². The molecular formula is C10H13NO2. The Kier molecular flexibility index (Phi) is 3.31. The summed E-state index contributed by atoms with van der Waals surface area (Å²) in [5.74, 6) is -0.913. The van der Waals surface area contributed by atoms with Crippen molar-refractivity contribution in [2.24, 2.45) is 0 Å². The van der Waals surface area contributed by atoms with Crippen LogP contribution in [0.5, 0.6) is 0 Å². The van der Waals surface area contributed by atoms with E-state index in [0.29, 0.717) is 0 Å². The fourth-order valence-corrected chi connectivity index (χ4v) is 1.18. The highest BCUT2D eigenvalue weighted by Crippen LogP contribution is 2.05. The largest absolute Gasteiger partial charge is 0.478 e. The van der Waals surface area contributed by atoms with Crippen LogP contribution < -0.4 is 0 Å². The zero-order valence-electron chi connectivity index (χ0n) is 7.60. The molecule has 0 spiro atoms. The van der Waals surface area contributed by atoms with E-state index in [1.54, 1.807) is 6.08 Å². The Morgan fingerprint density at radius 1 is 1.69 bits per heavy atom. The smallest absolute Gasteiger partial charge is 0.328 e. The summed E-state index contributed by atoms with van der Waals surface area (Å²) in [6.07, 6.45) is 5.76. The first-order valence-electron chi connectivity index (χ1n) is 4.30. The number of rotatable bonds is 4. The fourth-order valence-electron chi connectivity index (χ4n) is 1.18. The van der Waals surface area contributed by atoms with Gasteiger partial charge < -0.3 is 9.67 Å². The summed E-state index contributed by atoms with van der Waals surface area (Å²) in [5.41, 5.74) is 0.934. The molecule has 1 aromatic rings. The van der Waals surface area contributed by atoms with Crippen molar-refractivity contribution in [2.75, 3.05) is 0 Å². The lowest BCUT2D eigenvalue weighted by Gasteiger charge is -2.02. The van der Waals surface area contributed by atoms with Crippen molar-refractivity contribution in [3.05, 3.63) is 30.1 Å². The van der Waals surface area contributed by atoms with E-state index in [1.807, 2.05) is 22.9 Å². The highest BCUT2D eigenvalue weighted by molar-refractivity contribution is 5.84. The molecular weight excluding hydrogens is 166 g/mol. The summed E-state index contributed by atoms with van der Waals surface area (Å²) in [5, 5.41) is 8.44. The second-order valence-corrected chi connectivity index (χ2v) is 2.80. The SMILES string of the molecule is CCCn1cccc1/C=C/C(=O)O. The average molecular weight is 179 g/mol. The van der Waals surface area contributed by atoms with Gasteiger partial charge in [-0.05, 0) is 24.6 Å². The van der Waals surface area contributed by atoms with Crippen molar-refractivity contribution in [3.63, 3.8) is 0 Å². The van der Waals surface area contributed by atoms with E-state index in [1.165, 1.54) is 0 Å². The highest BCUT2D eigenvalue weighted by Gasteiger charge is 1.95. The Hall–Kier alpha value is -1.51. The van der Waals surface area contributed by atoms with Gasteiger partial charge in [0.15, 0.2) is 0 Å². The molecule has 0 amide bonds. The third kappa shape index (κ3) is 2.78. The van der Waals surface area contributed by atoms with Gasteiger partial charge in [0.05, 0.1) is 0 Å². The van der Waals surface area contributed by atoms with Crippen LogP contribution in [0.4, 0.5) is 0 Å². The van der Waals surface area contributed by atoms with Gasteiger partial charge in [0, 0.05) is 24.5 Å². The molecule has 70 valence electrons. The van der Waals surface area contributed by atoms with E-state index >= 15 is 0 Å². The normalized spacial score (nSPS) is 10.8. The maximum Gasteiger partial charge on any atom is 0.328 e. The zero-order valence-corrected chi connectivity index (χ0v) is 7.60. The van der Waals surface area contributed by atoms with E-state index < -0.39 is 5.97 Å². The Morgan fingerprint density at radius 3 is 3.08 bits per heavy atom. The van der Waals surface area contributed by atoms with E-state index in [9.17, 15) is 4.79 Å². The van der Waals surface area contributed by atoms with E-state index in [-0.39, 0.29) is 0 Å². The lowest BCUT2D eigenvalue weighted by molar-refractivity contribution is -0.131. The quantitative estimate of drug-likeness (QED) is 0.718. The first-order valence-corrected chi connectivity index (χ1v) is 4.30. The molecule has 3 heteroatoms. The minimum atomic E-state index is -0.913. The number of aromatic nitrogens is 1. The van der Waals surface area contributed by atoms with Gasteiger partial charge in [-0.25, -0.2) is 4.79 Å². The minimum Gasteiger partial charge on any atom is -0.478 e. The number of nitrogens with zero attached hydrogens (tertiary/aromatic N) is 1. The molecule has 0 atom stereocenters. The Bertz CT molecular complexity index is 312. The lowest BCUT2D eigenvalue weighted by Crippen LogP contribution is -1.97. The lowest BCUT2D eigenvalue weighted by atomic mass is 10.3. The minimum absolute atomic E-state index is 0.913. The van der Waals surface area contributed by atoms with Crippen LogP contribution in [0.1, 0.15) is 19.0 Å². The van der Waals surface area contributed by atoms with E-state index in [0.717, 1.165) is 24.7 Å². The standard InChI is InChI=1S/C10H13NO2/c1-2-7-11-8-3-4-9(11)5-6-10(12)13/h3-6,8H,2,7H2,1H3,(H,12,13)/b6-5+. The molecule has 0 aliphatic carbocycles. The summed E-state index contributed by atoms with van der Waals surface area (Å²) in [6, 6.07) is 3.81. The van der Waals surface area contributed by atoms with Crippen LogP contribution in [0, 0.1) is 0 Å². The molecule has 13 heavy (non-hydrogen) atoms. The molecule has 0 fully saturated rings. The molecule has 0 aliphatic heterocycles. The maximum atomic E-state index is 10.3. The molecule has 0 bridgehead atoms. The Balaban J connectivity index is 2.75. The number of hydrogen-bond acceptors (Lipinski definition) is 1. The molecule has 1 heterocycles. The molecule has 3 nitrogen and oxygen atoms in total. The summed E-state index contributed by atoms with van der Waals surface area (Å²) >= 11 is 0. The monoisotopic (exact) mass is 179 g/mol. The Morgan fingerprint density at radius 2 is 2.46 bits per heavy atom. The van der Waals surface area contributed by atoms with E-state index in [2.05, 4.69) is 6.92 Å². The van der Waals surface area contributed by atoms with Crippen LogP contribution in [-0.4, -0.2) is 15.6 Å². The van der Waals surface area contributed by atoms with Crippen molar-refractivity contribution < 1.29 is 9.90 Å². The van der Waals surface area contributed by atoms with Gasteiger partial charge in [-0.15, -0.1) is 0 Å². The van der Waals surface area contributed by atoms with Gasteiger partial charge in [0.2, 0.25) is 0 Å². The maximum absolute atomic E-state index is 10.3. The third-order valence-corrected chi connectivity index (χ3v) is 1.73. The number of carboxylic acids is 1. The summed E-state index contributed by atoms with van der Waals surface area (Å²) in [4.78, 5) is 10.3. The number of carboxylic acid groups (broad SMARTS) is 1. The third-order valence-electron chi connectivity index (χ3n) is 1.73. The van der Waals surface area contributed by atoms with Gasteiger partial charge in [0.25, 0.3) is 0 Å². The van der Waals surface area contributed by atoms with Crippen molar-refractivity contribution in [1.29, 1.82) is 0 Å². The molecule has 0 aliphatic rings. The zero-order chi connectivity index (χ0) is 9.68. The van der Waals surface area contributed by atoms with Crippen LogP contribution in [0.2, 0.25) is 0 Å². The van der Waals surface area contributed by atoms with Gasteiger partial charge in [-0.2, -0.15) is 0 Å². The predicted octanol–water partition coefficient (Wildman–Crippen LogP) is 2.00. The van der Waals surface area contributed by atoms with Crippen LogP contribution in [0.25, 0.3) is 6.08 Å². The van der Waals surface area contributed by atoms with Crippen LogP contribution in [-0.2, 0) is 11.3 Å². The van der Waals surface area contributed by atoms with Gasteiger partial charge in [-0.3, -0.25) is 0 Å². The number of carbonyl (C=O) groups is 1.